The summed E-state index contributed by atoms with van der Waals surface area (Å²) in [7, 11) is -1.20. The van der Waals surface area contributed by atoms with Gasteiger partial charge < -0.3 is 9.52 Å². The summed E-state index contributed by atoms with van der Waals surface area (Å²) in [6.45, 7) is 0. The zero-order valence-electron chi connectivity index (χ0n) is 9.84. The molecule has 0 saturated carbocycles. The lowest BCUT2D eigenvalue weighted by molar-refractivity contribution is 0.0661. The third-order valence-electron chi connectivity index (χ3n) is 2.50. The van der Waals surface area contributed by atoms with Gasteiger partial charge in [-0.1, -0.05) is 23.7 Å². The zero-order valence-corrected chi connectivity index (χ0v) is 11.4. The number of hydrogen-bond acceptors (Lipinski definition) is 3. The summed E-state index contributed by atoms with van der Waals surface area (Å²) in [5.41, 5.74) is 1.34. The summed E-state index contributed by atoms with van der Waals surface area (Å²) >= 11 is 5.77. The van der Waals surface area contributed by atoms with Crippen LogP contribution >= 0.6 is 11.6 Å². The van der Waals surface area contributed by atoms with Crippen molar-refractivity contribution in [1.82, 2.24) is 0 Å². The number of benzene rings is 1. The molecule has 1 aromatic carbocycles. The van der Waals surface area contributed by atoms with E-state index in [1.807, 2.05) is 0 Å². The molecule has 1 unspecified atom stereocenters. The monoisotopic (exact) mass is 298 g/mol. The summed E-state index contributed by atoms with van der Waals surface area (Å²) in [5.74, 6) is -0.796. The first kappa shape index (κ1) is 13.8. The van der Waals surface area contributed by atoms with Crippen LogP contribution in [0.4, 0.5) is 0 Å². The molecule has 0 saturated heterocycles. The maximum Gasteiger partial charge on any atom is 0.372 e. The van der Waals surface area contributed by atoms with Crippen molar-refractivity contribution in [3.8, 4) is 0 Å². The second-order valence-electron chi connectivity index (χ2n) is 3.94. The van der Waals surface area contributed by atoms with E-state index in [0.29, 0.717) is 16.3 Å². The zero-order chi connectivity index (χ0) is 13.8. The van der Waals surface area contributed by atoms with Crippen molar-refractivity contribution in [2.24, 2.45) is 0 Å². The van der Waals surface area contributed by atoms with Gasteiger partial charge in [-0.2, -0.15) is 0 Å². The molecule has 2 aromatic rings. The average Bonchev–Trinajstić information content (AvgIpc) is 2.80. The molecule has 0 aliphatic carbocycles. The Balaban J connectivity index is 2.03. The SMILES string of the molecule is O=C(O)c1occc1CS(=O)Cc1ccc(Cl)cc1. The number of aromatic carboxylic acids is 1. The molecule has 0 bridgehead atoms. The van der Waals surface area contributed by atoms with Crippen LogP contribution in [0.2, 0.25) is 5.02 Å². The van der Waals surface area contributed by atoms with E-state index in [0.717, 1.165) is 5.56 Å². The maximum atomic E-state index is 12.0. The molecular formula is C13H11ClO4S. The predicted molar refractivity (Wildman–Crippen MR) is 72.7 cm³/mol. The quantitative estimate of drug-likeness (QED) is 0.921. The van der Waals surface area contributed by atoms with E-state index >= 15 is 0 Å². The molecule has 1 aromatic heterocycles. The van der Waals surface area contributed by atoms with Crippen LogP contribution in [-0.4, -0.2) is 15.3 Å². The minimum Gasteiger partial charge on any atom is -0.475 e. The molecule has 0 aliphatic heterocycles. The molecule has 0 aliphatic rings. The van der Waals surface area contributed by atoms with Gasteiger partial charge in [0.05, 0.1) is 12.0 Å². The second kappa shape index (κ2) is 6.04. The summed E-state index contributed by atoms with van der Waals surface area (Å²) in [6.07, 6.45) is 1.29. The fraction of sp³-hybridized carbons (Fsp3) is 0.154. The molecular weight excluding hydrogens is 288 g/mol. The third-order valence-corrected chi connectivity index (χ3v) is 4.04. The Hall–Kier alpha value is -1.59. The van der Waals surface area contributed by atoms with Gasteiger partial charge in [0.1, 0.15) is 0 Å². The van der Waals surface area contributed by atoms with Crippen molar-refractivity contribution in [3.05, 3.63) is 58.5 Å². The smallest absolute Gasteiger partial charge is 0.372 e. The fourth-order valence-electron chi connectivity index (χ4n) is 1.63. The first-order valence-corrected chi connectivity index (χ1v) is 7.32. The lowest BCUT2D eigenvalue weighted by Crippen LogP contribution is -2.04. The van der Waals surface area contributed by atoms with E-state index in [1.165, 1.54) is 12.3 Å². The molecule has 19 heavy (non-hydrogen) atoms. The highest BCUT2D eigenvalue weighted by Gasteiger charge is 2.16. The van der Waals surface area contributed by atoms with E-state index in [4.69, 9.17) is 21.1 Å². The Bertz CT molecular complexity index is 603. The maximum absolute atomic E-state index is 12.0. The third kappa shape index (κ3) is 3.68. The van der Waals surface area contributed by atoms with Crippen molar-refractivity contribution < 1.29 is 18.5 Å². The molecule has 0 radical (unpaired) electrons. The highest BCUT2D eigenvalue weighted by Crippen LogP contribution is 2.16. The van der Waals surface area contributed by atoms with Gasteiger partial charge in [-0.15, -0.1) is 0 Å². The summed E-state index contributed by atoms with van der Waals surface area (Å²) in [6, 6.07) is 8.59. The van der Waals surface area contributed by atoms with Gasteiger partial charge in [0.2, 0.25) is 5.76 Å². The first-order valence-electron chi connectivity index (χ1n) is 5.45. The van der Waals surface area contributed by atoms with E-state index in [1.54, 1.807) is 24.3 Å². The lowest BCUT2D eigenvalue weighted by Gasteiger charge is -2.02. The van der Waals surface area contributed by atoms with Crippen LogP contribution in [0.25, 0.3) is 0 Å². The summed E-state index contributed by atoms with van der Waals surface area (Å²) < 4.78 is 16.8. The topological polar surface area (TPSA) is 67.5 Å². The Morgan fingerprint density at radius 1 is 1.21 bits per heavy atom. The molecule has 6 heteroatoms. The van der Waals surface area contributed by atoms with Crippen LogP contribution in [0.1, 0.15) is 21.7 Å². The minimum atomic E-state index is -1.20. The standard InChI is InChI=1S/C13H11ClO4S/c14-11-3-1-9(2-4-11)7-19(17)8-10-5-6-18-12(10)13(15)16/h1-6H,7-8H2,(H,15,16). The first-order chi connectivity index (χ1) is 9.06. The minimum absolute atomic E-state index is 0.149. The van der Waals surface area contributed by atoms with Gasteiger partial charge in [0.15, 0.2) is 0 Å². The van der Waals surface area contributed by atoms with Crippen LogP contribution < -0.4 is 0 Å². The van der Waals surface area contributed by atoms with Crippen LogP contribution in [0.15, 0.2) is 41.0 Å². The van der Waals surface area contributed by atoms with Crippen LogP contribution in [-0.2, 0) is 22.3 Å². The van der Waals surface area contributed by atoms with Crippen molar-refractivity contribution in [2.45, 2.75) is 11.5 Å². The molecule has 4 nitrogen and oxygen atoms in total. The lowest BCUT2D eigenvalue weighted by atomic mass is 10.2. The highest BCUT2D eigenvalue weighted by molar-refractivity contribution is 7.83. The summed E-state index contributed by atoms with van der Waals surface area (Å²) in [5, 5.41) is 9.50. The van der Waals surface area contributed by atoms with E-state index < -0.39 is 16.8 Å². The normalized spacial score (nSPS) is 12.3. The number of carboxylic acid groups (broad SMARTS) is 1. The molecule has 0 fully saturated rings. The molecule has 0 amide bonds. The summed E-state index contributed by atoms with van der Waals surface area (Å²) in [4.78, 5) is 10.9. The van der Waals surface area contributed by atoms with E-state index in [9.17, 15) is 9.00 Å². The average molecular weight is 299 g/mol. The number of rotatable bonds is 5. The molecule has 1 heterocycles. The Kier molecular flexibility index (Phi) is 4.39. The van der Waals surface area contributed by atoms with Crippen LogP contribution in [0, 0.1) is 0 Å². The van der Waals surface area contributed by atoms with E-state index in [-0.39, 0.29) is 11.5 Å². The predicted octanol–water partition coefficient (Wildman–Crippen LogP) is 3.08. The van der Waals surface area contributed by atoms with E-state index in [2.05, 4.69) is 0 Å². The van der Waals surface area contributed by atoms with Gasteiger partial charge in [-0.05, 0) is 23.8 Å². The van der Waals surface area contributed by atoms with Crippen molar-refractivity contribution in [2.75, 3.05) is 0 Å². The Morgan fingerprint density at radius 2 is 1.89 bits per heavy atom. The Morgan fingerprint density at radius 3 is 2.53 bits per heavy atom. The second-order valence-corrected chi connectivity index (χ2v) is 5.83. The molecule has 100 valence electrons. The number of carbonyl (C=O) groups is 1. The molecule has 0 spiro atoms. The number of furan rings is 1. The molecule has 1 N–H and O–H groups in total. The van der Waals surface area contributed by atoms with Gasteiger partial charge in [-0.3, -0.25) is 4.21 Å². The largest absolute Gasteiger partial charge is 0.475 e. The van der Waals surface area contributed by atoms with Crippen molar-refractivity contribution in [3.63, 3.8) is 0 Å². The Labute approximate surface area is 117 Å². The number of halogens is 1. The van der Waals surface area contributed by atoms with Crippen LogP contribution in [0.3, 0.4) is 0 Å². The molecule has 2 rings (SSSR count). The van der Waals surface area contributed by atoms with Crippen molar-refractivity contribution in [1.29, 1.82) is 0 Å². The van der Waals surface area contributed by atoms with Crippen LogP contribution in [0.5, 0.6) is 0 Å². The van der Waals surface area contributed by atoms with Gasteiger partial charge in [0.25, 0.3) is 0 Å². The van der Waals surface area contributed by atoms with Crippen molar-refractivity contribution >= 4 is 28.4 Å². The fourth-order valence-corrected chi connectivity index (χ4v) is 2.99. The highest BCUT2D eigenvalue weighted by atomic mass is 35.5. The number of carboxylic acids is 1. The molecule has 1 atom stereocenters. The van der Waals surface area contributed by atoms with Gasteiger partial charge in [0, 0.05) is 27.1 Å². The van der Waals surface area contributed by atoms with Gasteiger partial charge in [-0.25, -0.2) is 4.79 Å². The number of hydrogen-bond donors (Lipinski definition) is 1. The van der Waals surface area contributed by atoms with Gasteiger partial charge >= 0.3 is 5.97 Å².